The van der Waals surface area contributed by atoms with Crippen molar-refractivity contribution in [2.24, 2.45) is 11.8 Å². The number of hydrogen-bond donors (Lipinski definition) is 0. The van der Waals surface area contributed by atoms with Gasteiger partial charge >= 0.3 is 0 Å². The zero-order valence-electron chi connectivity index (χ0n) is 44.8. The second-order valence-electron chi connectivity index (χ2n) is 23.5. The van der Waals surface area contributed by atoms with E-state index in [1.807, 2.05) is 0 Å². The van der Waals surface area contributed by atoms with E-state index in [1.165, 1.54) is 126 Å². The van der Waals surface area contributed by atoms with Crippen LogP contribution in [0.5, 0.6) is 0 Å². The third-order valence-electron chi connectivity index (χ3n) is 19.1. The average molecular weight is 1010 g/mol. The molecule has 16 rings (SSSR count). The Bertz CT molecular complexity index is 4140. The van der Waals surface area contributed by atoms with E-state index < -0.39 is 5.41 Å². The van der Waals surface area contributed by atoms with E-state index in [9.17, 15) is 0 Å². The van der Waals surface area contributed by atoms with Crippen LogP contribution < -0.4 is 9.80 Å². The molecule has 2 heteroatoms. The van der Waals surface area contributed by atoms with Crippen molar-refractivity contribution in [3.63, 3.8) is 0 Å². The Kier molecular flexibility index (Phi) is 10.4. The highest BCUT2D eigenvalue weighted by Crippen LogP contribution is 2.66. The van der Waals surface area contributed by atoms with Crippen molar-refractivity contribution < 1.29 is 0 Å². The van der Waals surface area contributed by atoms with Crippen LogP contribution in [-0.2, 0) is 10.8 Å². The van der Waals surface area contributed by atoms with Crippen molar-refractivity contribution in [2.45, 2.75) is 56.3 Å². The van der Waals surface area contributed by atoms with Gasteiger partial charge in [-0.2, -0.15) is 0 Å². The summed E-state index contributed by atoms with van der Waals surface area (Å²) < 4.78 is 0. The number of benzene rings is 11. The van der Waals surface area contributed by atoms with Crippen molar-refractivity contribution in [1.29, 1.82) is 0 Å². The lowest BCUT2D eigenvalue weighted by Crippen LogP contribution is -2.26. The molecule has 79 heavy (non-hydrogen) atoms. The van der Waals surface area contributed by atoms with E-state index in [2.05, 4.69) is 285 Å². The molecule has 2 fully saturated rings. The number of hydrogen-bond acceptors (Lipinski definition) is 2. The first kappa shape index (κ1) is 46.1. The zero-order chi connectivity index (χ0) is 52.4. The van der Waals surface area contributed by atoms with Crippen LogP contribution in [0.4, 0.5) is 34.1 Å². The molecule has 0 radical (unpaired) electrons. The van der Waals surface area contributed by atoms with Crippen LogP contribution in [0.3, 0.4) is 0 Å². The molecule has 0 aliphatic heterocycles. The summed E-state index contributed by atoms with van der Waals surface area (Å²) in [4.78, 5) is 5.02. The van der Waals surface area contributed by atoms with Crippen LogP contribution in [0.2, 0.25) is 0 Å². The van der Waals surface area contributed by atoms with Gasteiger partial charge in [-0.05, 0) is 193 Å². The summed E-state index contributed by atoms with van der Waals surface area (Å²) in [6, 6.07) is 99.0. The Hall–Kier alpha value is -8.98. The van der Waals surface area contributed by atoms with Crippen molar-refractivity contribution >= 4 is 34.1 Å². The highest BCUT2D eigenvalue weighted by atomic mass is 15.2. The van der Waals surface area contributed by atoms with E-state index in [0.29, 0.717) is 5.92 Å². The topological polar surface area (TPSA) is 6.48 Å². The van der Waals surface area contributed by atoms with E-state index in [-0.39, 0.29) is 5.41 Å². The van der Waals surface area contributed by atoms with Gasteiger partial charge in [0.1, 0.15) is 0 Å². The maximum atomic E-state index is 2.62. The van der Waals surface area contributed by atoms with E-state index in [0.717, 1.165) is 40.3 Å². The van der Waals surface area contributed by atoms with Crippen LogP contribution in [0.15, 0.2) is 261 Å². The largest absolute Gasteiger partial charge is 0.310 e. The summed E-state index contributed by atoms with van der Waals surface area (Å²) in [7, 11) is 0. The average Bonchev–Trinajstić information content (AvgIpc) is 2.35. The standard InChI is InChI=1S/C77H60N2/c1-76(2)68-32-18-15-29-59(68)65-45-58(41-42-69(65)76)79(57-27-13-6-14-28-57)75-49-73-66(46-63(75)53-39-37-52(38-40-53)62-44-50-35-36-54(62)43-50)60-30-16-19-33-70(60)77(73)71-34-20-17-31-61(71)67-48-74(64(47-72(67)77)51-21-7-3-8-22-51)78(55-23-9-4-10-24-55)56-25-11-5-12-26-56/h3-34,37-42,45-50,54,62H,35-36,43-44H2,1-2H3. The second kappa shape index (κ2) is 17.8. The predicted octanol–water partition coefficient (Wildman–Crippen LogP) is 20.5. The molecule has 1 spiro atoms. The first-order valence-corrected chi connectivity index (χ1v) is 28.7. The summed E-state index contributed by atoms with van der Waals surface area (Å²) in [5, 5.41) is 0. The molecule has 4 unspecified atom stereocenters. The molecule has 5 aliphatic carbocycles. The smallest absolute Gasteiger partial charge is 0.0726 e. The zero-order valence-corrected chi connectivity index (χ0v) is 44.8. The number of fused-ring (bicyclic) bond motifs is 15. The van der Waals surface area contributed by atoms with Crippen molar-refractivity contribution in [3.8, 4) is 55.6 Å². The van der Waals surface area contributed by atoms with Crippen LogP contribution in [0, 0.1) is 11.8 Å². The first-order chi connectivity index (χ1) is 38.9. The Morgan fingerprint density at radius 1 is 0.316 bits per heavy atom. The summed E-state index contributed by atoms with van der Waals surface area (Å²) in [6.45, 7) is 4.76. The lowest BCUT2D eigenvalue weighted by Gasteiger charge is -2.34. The van der Waals surface area contributed by atoms with Gasteiger partial charge in [0.05, 0.1) is 16.8 Å². The molecule has 4 atom stereocenters. The van der Waals surface area contributed by atoms with Gasteiger partial charge in [-0.1, -0.05) is 208 Å². The fourth-order valence-corrected chi connectivity index (χ4v) is 15.6. The third kappa shape index (κ3) is 6.90. The summed E-state index contributed by atoms with van der Waals surface area (Å²) in [6.07, 6.45) is 5.52. The van der Waals surface area contributed by atoms with E-state index in [4.69, 9.17) is 0 Å². The number of anilines is 6. The molecule has 11 aromatic rings. The van der Waals surface area contributed by atoms with Gasteiger partial charge in [-0.15, -0.1) is 0 Å². The number of rotatable bonds is 9. The highest BCUT2D eigenvalue weighted by molar-refractivity contribution is 6.03. The molecule has 2 saturated carbocycles. The monoisotopic (exact) mass is 1010 g/mol. The van der Waals surface area contributed by atoms with Crippen molar-refractivity contribution in [3.05, 3.63) is 300 Å². The molecule has 0 heterocycles. The van der Waals surface area contributed by atoms with Crippen molar-refractivity contribution in [2.75, 3.05) is 9.80 Å². The molecular formula is C77H60N2. The minimum atomic E-state index is -0.646. The van der Waals surface area contributed by atoms with E-state index >= 15 is 0 Å². The van der Waals surface area contributed by atoms with Gasteiger partial charge in [0.2, 0.25) is 0 Å². The Labute approximate surface area is 465 Å². The van der Waals surface area contributed by atoms with Gasteiger partial charge in [-0.3, -0.25) is 0 Å². The summed E-state index contributed by atoms with van der Waals surface area (Å²) >= 11 is 0. The quantitative estimate of drug-likeness (QED) is 0.142. The molecule has 0 N–H and O–H groups in total. The minimum absolute atomic E-state index is 0.111. The second-order valence-corrected chi connectivity index (χ2v) is 23.5. The van der Waals surface area contributed by atoms with Gasteiger partial charge in [0.25, 0.3) is 0 Å². The maximum Gasteiger partial charge on any atom is 0.0726 e. The maximum absolute atomic E-state index is 2.62. The molecule has 2 nitrogen and oxygen atoms in total. The fraction of sp³-hybridized carbons (Fsp3) is 0.143. The van der Waals surface area contributed by atoms with Crippen LogP contribution in [0.25, 0.3) is 55.6 Å². The normalized spacial score (nSPS) is 19.1. The molecule has 0 amide bonds. The molecule has 378 valence electrons. The third-order valence-corrected chi connectivity index (χ3v) is 19.1. The Morgan fingerprint density at radius 2 is 0.772 bits per heavy atom. The first-order valence-electron chi connectivity index (χ1n) is 28.7. The van der Waals surface area contributed by atoms with E-state index in [1.54, 1.807) is 0 Å². The fourth-order valence-electron chi connectivity index (χ4n) is 15.6. The minimum Gasteiger partial charge on any atom is -0.310 e. The SMILES string of the molecule is CC1(C)c2ccccc2-c2cc(N(c3ccccc3)c3cc4c(cc3-c3ccc(C5CC6CCC5C6)cc3)-c3ccccc3C43c4ccccc4-c4cc(N(c5ccccc5)c5ccccc5)c(-c5ccccc5)cc43)ccc21. The van der Waals surface area contributed by atoms with Gasteiger partial charge in [0, 0.05) is 39.3 Å². The molecule has 0 saturated heterocycles. The van der Waals surface area contributed by atoms with Crippen molar-refractivity contribution in [1.82, 2.24) is 0 Å². The lowest BCUT2D eigenvalue weighted by atomic mass is 9.70. The van der Waals surface area contributed by atoms with Crippen LogP contribution in [0.1, 0.15) is 84.4 Å². The Morgan fingerprint density at radius 3 is 1.35 bits per heavy atom. The lowest BCUT2D eigenvalue weighted by molar-refractivity contribution is 0.420. The molecular weight excluding hydrogens is 953 g/mol. The molecule has 2 bridgehead atoms. The molecule has 11 aromatic carbocycles. The summed E-state index contributed by atoms with van der Waals surface area (Å²) in [5.74, 6) is 2.37. The van der Waals surface area contributed by atoms with Gasteiger partial charge in [0.15, 0.2) is 0 Å². The molecule has 5 aliphatic rings. The Balaban J connectivity index is 0.987. The number of para-hydroxylation sites is 3. The summed E-state index contributed by atoms with van der Waals surface area (Å²) in [5.41, 5.74) is 28.1. The van der Waals surface area contributed by atoms with Crippen LogP contribution >= 0.6 is 0 Å². The molecule has 0 aromatic heterocycles. The predicted molar refractivity (Wildman–Crippen MR) is 329 cm³/mol. The van der Waals surface area contributed by atoms with Gasteiger partial charge in [-0.25, -0.2) is 0 Å². The van der Waals surface area contributed by atoms with Crippen LogP contribution in [-0.4, -0.2) is 0 Å². The number of nitrogens with zero attached hydrogens (tertiary/aromatic N) is 2. The highest BCUT2D eigenvalue weighted by Gasteiger charge is 2.53. The van der Waals surface area contributed by atoms with Gasteiger partial charge < -0.3 is 9.80 Å².